The van der Waals surface area contributed by atoms with Crippen LogP contribution in [0, 0.1) is 0 Å². The van der Waals surface area contributed by atoms with Crippen molar-refractivity contribution in [2.24, 2.45) is 11.5 Å². The molecule has 0 atom stereocenters. The predicted molar refractivity (Wildman–Crippen MR) is 59.8 cm³/mol. The first-order valence-corrected chi connectivity index (χ1v) is 4.74. The molecule has 0 fully saturated rings. The molecular formula is C11H18N3+. The fourth-order valence-electron chi connectivity index (χ4n) is 1.24. The molecule has 4 N–H and O–H groups in total. The number of hydrogen-bond acceptors (Lipinski definition) is 0. The van der Waals surface area contributed by atoms with Crippen LogP contribution in [0.5, 0.6) is 0 Å². The van der Waals surface area contributed by atoms with Gasteiger partial charge in [0.05, 0.1) is 7.05 Å². The van der Waals surface area contributed by atoms with E-state index in [1.807, 2.05) is 19.2 Å². The lowest BCUT2D eigenvalue weighted by molar-refractivity contribution is -0.407. The first-order valence-electron chi connectivity index (χ1n) is 4.74. The van der Waals surface area contributed by atoms with Crippen molar-refractivity contribution < 1.29 is 4.58 Å². The van der Waals surface area contributed by atoms with E-state index >= 15 is 0 Å². The highest BCUT2D eigenvalue weighted by atomic mass is 15.1. The maximum absolute atomic E-state index is 5.51. The van der Waals surface area contributed by atoms with Gasteiger partial charge in [0.1, 0.15) is 5.69 Å². The molecule has 0 aromatic heterocycles. The third kappa shape index (κ3) is 2.25. The Hall–Kier alpha value is -1.51. The van der Waals surface area contributed by atoms with E-state index < -0.39 is 0 Å². The summed E-state index contributed by atoms with van der Waals surface area (Å²) in [6.45, 7) is 4.32. The monoisotopic (exact) mass is 192 g/mol. The normalized spacial score (nSPS) is 10.3. The average Bonchev–Trinajstić information content (AvgIpc) is 2.16. The molecule has 0 saturated heterocycles. The summed E-state index contributed by atoms with van der Waals surface area (Å²) >= 11 is 0. The number of rotatable bonds is 2. The molecule has 0 unspecified atom stereocenters. The van der Waals surface area contributed by atoms with Gasteiger partial charge in [0.15, 0.2) is 0 Å². The van der Waals surface area contributed by atoms with E-state index in [0.29, 0.717) is 11.9 Å². The maximum Gasteiger partial charge on any atom is 0.345 e. The van der Waals surface area contributed by atoms with Gasteiger partial charge >= 0.3 is 5.96 Å². The highest BCUT2D eigenvalue weighted by Crippen LogP contribution is 2.19. The van der Waals surface area contributed by atoms with E-state index in [-0.39, 0.29) is 0 Å². The fraction of sp³-hybridized carbons (Fsp3) is 0.364. The van der Waals surface area contributed by atoms with Gasteiger partial charge in [0.2, 0.25) is 0 Å². The average molecular weight is 192 g/mol. The minimum atomic E-state index is 0.311. The highest BCUT2D eigenvalue weighted by Gasteiger charge is 2.04. The van der Waals surface area contributed by atoms with Crippen LogP contribution in [0.15, 0.2) is 24.3 Å². The molecule has 0 heterocycles. The van der Waals surface area contributed by atoms with Gasteiger partial charge in [-0.1, -0.05) is 26.0 Å². The Morgan fingerprint density at radius 1 is 1.29 bits per heavy atom. The topological polar surface area (TPSA) is 55.0 Å². The molecule has 0 radical (unpaired) electrons. The van der Waals surface area contributed by atoms with Gasteiger partial charge < -0.3 is 0 Å². The van der Waals surface area contributed by atoms with Gasteiger partial charge in [-0.25, -0.2) is 4.58 Å². The van der Waals surface area contributed by atoms with Crippen molar-refractivity contribution in [1.29, 1.82) is 0 Å². The predicted octanol–water partition coefficient (Wildman–Crippen LogP) is 1.36. The van der Waals surface area contributed by atoms with Crippen LogP contribution in [0.1, 0.15) is 25.3 Å². The van der Waals surface area contributed by atoms with Crippen molar-refractivity contribution in [3.05, 3.63) is 29.8 Å². The van der Waals surface area contributed by atoms with Gasteiger partial charge in [-0.05, 0) is 23.6 Å². The molecule has 3 heteroatoms. The highest BCUT2D eigenvalue weighted by molar-refractivity contribution is 5.71. The Kier molecular flexibility index (Phi) is 3.12. The van der Waals surface area contributed by atoms with Gasteiger partial charge in [-0.2, -0.15) is 0 Å². The first kappa shape index (κ1) is 10.6. The number of guanidine groups is 1. The van der Waals surface area contributed by atoms with Crippen LogP contribution in [0.4, 0.5) is 5.69 Å². The van der Waals surface area contributed by atoms with Gasteiger partial charge in [-0.3, -0.25) is 11.5 Å². The SMILES string of the molecule is CC(C)c1cccc([N+](C)=C(N)N)c1. The smallest absolute Gasteiger partial charge is 0.291 e. The van der Waals surface area contributed by atoms with Crippen molar-refractivity contribution in [2.75, 3.05) is 7.05 Å². The molecule has 14 heavy (non-hydrogen) atoms. The second kappa shape index (κ2) is 4.13. The van der Waals surface area contributed by atoms with Crippen molar-refractivity contribution in [2.45, 2.75) is 19.8 Å². The second-order valence-electron chi connectivity index (χ2n) is 3.73. The van der Waals surface area contributed by atoms with E-state index in [1.165, 1.54) is 5.56 Å². The maximum atomic E-state index is 5.51. The zero-order valence-corrected chi connectivity index (χ0v) is 8.99. The lowest BCUT2D eigenvalue weighted by atomic mass is 10.0. The Bertz CT molecular complexity index is 349. The molecule has 0 spiro atoms. The lowest BCUT2D eigenvalue weighted by Crippen LogP contribution is -2.31. The van der Waals surface area contributed by atoms with Crippen LogP contribution in [0.25, 0.3) is 0 Å². The third-order valence-electron chi connectivity index (χ3n) is 2.31. The van der Waals surface area contributed by atoms with Crippen molar-refractivity contribution in [3.63, 3.8) is 0 Å². The molecule has 0 bridgehead atoms. The minimum Gasteiger partial charge on any atom is -0.291 e. The van der Waals surface area contributed by atoms with Crippen LogP contribution >= 0.6 is 0 Å². The first-order chi connectivity index (χ1) is 6.52. The summed E-state index contributed by atoms with van der Waals surface area (Å²) in [5, 5.41) is 0. The lowest BCUT2D eigenvalue weighted by Gasteiger charge is -2.08. The number of benzene rings is 1. The van der Waals surface area contributed by atoms with Crippen molar-refractivity contribution in [1.82, 2.24) is 0 Å². The largest absolute Gasteiger partial charge is 0.345 e. The molecule has 0 aliphatic rings. The van der Waals surface area contributed by atoms with E-state index in [0.717, 1.165) is 5.69 Å². The molecule has 3 nitrogen and oxygen atoms in total. The zero-order valence-electron chi connectivity index (χ0n) is 8.99. The standard InChI is InChI=1S/C11H17N3/c1-8(2)9-5-4-6-10(7-9)14(3)11(12)13/h4-8H,1-3H3,(H3,12,13)/p+1. The minimum absolute atomic E-state index is 0.311. The van der Waals surface area contributed by atoms with E-state index in [1.54, 1.807) is 4.58 Å². The summed E-state index contributed by atoms with van der Waals surface area (Å²) in [6, 6.07) is 8.22. The van der Waals surface area contributed by atoms with Crippen molar-refractivity contribution in [3.8, 4) is 0 Å². The van der Waals surface area contributed by atoms with Crippen LogP contribution in [-0.4, -0.2) is 17.6 Å². The number of hydrogen-bond donors (Lipinski definition) is 2. The molecule has 0 saturated carbocycles. The Balaban J connectivity index is 3.13. The molecule has 76 valence electrons. The van der Waals surface area contributed by atoms with E-state index in [9.17, 15) is 0 Å². The van der Waals surface area contributed by atoms with Gasteiger partial charge in [-0.15, -0.1) is 0 Å². The summed E-state index contributed by atoms with van der Waals surface area (Å²) in [5.41, 5.74) is 13.3. The molecule has 0 aliphatic heterocycles. The summed E-state index contributed by atoms with van der Waals surface area (Å²) in [7, 11) is 1.86. The molecule has 1 rings (SSSR count). The molecule has 1 aromatic carbocycles. The molecular weight excluding hydrogens is 174 g/mol. The van der Waals surface area contributed by atoms with Crippen LogP contribution < -0.4 is 11.5 Å². The second-order valence-corrected chi connectivity index (χ2v) is 3.73. The Labute approximate surface area is 85.0 Å². The van der Waals surface area contributed by atoms with Crippen molar-refractivity contribution >= 4 is 11.6 Å². The summed E-state index contributed by atoms with van der Waals surface area (Å²) in [5.74, 6) is 0.827. The quantitative estimate of drug-likeness (QED) is 0.422. The van der Waals surface area contributed by atoms with Crippen LogP contribution in [0.3, 0.4) is 0 Å². The fourth-order valence-corrected chi connectivity index (χ4v) is 1.24. The molecule has 0 amide bonds. The summed E-state index contributed by atoms with van der Waals surface area (Å²) < 4.78 is 1.77. The van der Waals surface area contributed by atoms with Crippen LogP contribution in [0.2, 0.25) is 0 Å². The molecule has 1 aromatic rings. The molecule has 0 aliphatic carbocycles. The summed E-state index contributed by atoms with van der Waals surface area (Å²) in [6.07, 6.45) is 0. The van der Waals surface area contributed by atoms with Gasteiger partial charge in [0.25, 0.3) is 0 Å². The Morgan fingerprint density at radius 3 is 2.43 bits per heavy atom. The number of nitrogens with two attached hydrogens (primary N) is 2. The Morgan fingerprint density at radius 2 is 1.93 bits per heavy atom. The third-order valence-corrected chi connectivity index (χ3v) is 2.31. The van der Waals surface area contributed by atoms with Gasteiger partial charge in [0, 0.05) is 0 Å². The van der Waals surface area contributed by atoms with Crippen LogP contribution in [-0.2, 0) is 0 Å². The summed E-state index contributed by atoms with van der Waals surface area (Å²) in [4.78, 5) is 0. The number of nitrogens with zero attached hydrogens (tertiary/aromatic N) is 1. The van der Waals surface area contributed by atoms with E-state index in [4.69, 9.17) is 11.5 Å². The zero-order chi connectivity index (χ0) is 10.7. The van der Waals surface area contributed by atoms with E-state index in [2.05, 4.69) is 26.0 Å².